The lowest BCUT2D eigenvalue weighted by molar-refractivity contribution is -0.384. The number of hydrogen-bond donors (Lipinski definition) is 2. The summed E-state index contributed by atoms with van der Waals surface area (Å²) in [5, 5.41) is 23.8. The maximum atomic E-state index is 12.2. The molecule has 0 aromatic heterocycles. The fourth-order valence-corrected chi connectivity index (χ4v) is 2.71. The number of aliphatic hydroxyl groups is 1. The third kappa shape index (κ3) is 3.00. The highest BCUT2D eigenvalue weighted by Crippen LogP contribution is 2.33. The molecule has 8 heteroatoms. The molecule has 2 aromatic carbocycles. The van der Waals surface area contributed by atoms with E-state index in [1.165, 1.54) is 31.4 Å². The third-order valence-corrected chi connectivity index (χ3v) is 4.07. The smallest absolute Gasteiger partial charge is 0.293 e. The van der Waals surface area contributed by atoms with E-state index in [0.717, 1.165) is 0 Å². The number of rotatable bonds is 4. The molecular formula is C18H14N2O6. The molecule has 2 aromatic rings. The number of Topliss-reactive ketones (excluding diaryl/α,β-unsaturated/α-hetero) is 1. The number of amides is 1. The second kappa shape index (κ2) is 6.67. The number of carbonyl (C=O) groups excluding carboxylic acids is 2. The van der Waals surface area contributed by atoms with Gasteiger partial charge in [-0.05, 0) is 42.0 Å². The lowest BCUT2D eigenvalue weighted by Crippen LogP contribution is -2.21. The average molecular weight is 354 g/mol. The SMILES string of the molecule is COc1ccc(C(O)=C2C(=O)C(=O)N[C@@H]2c2ccc([N+](=O)[O-])cc2)cc1. The van der Waals surface area contributed by atoms with Crippen LogP contribution in [0.2, 0.25) is 0 Å². The fraction of sp³-hybridized carbons (Fsp3) is 0.111. The van der Waals surface area contributed by atoms with Crippen LogP contribution in [0.25, 0.3) is 5.76 Å². The van der Waals surface area contributed by atoms with Crippen LogP contribution in [0.15, 0.2) is 54.1 Å². The van der Waals surface area contributed by atoms with Gasteiger partial charge in [-0.2, -0.15) is 0 Å². The quantitative estimate of drug-likeness (QED) is 0.286. The van der Waals surface area contributed by atoms with E-state index in [0.29, 0.717) is 16.9 Å². The van der Waals surface area contributed by atoms with Crippen LogP contribution in [0.3, 0.4) is 0 Å². The molecule has 1 saturated heterocycles. The zero-order valence-corrected chi connectivity index (χ0v) is 13.6. The number of methoxy groups -OCH3 is 1. The molecule has 1 aliphatic rings. The number of nitrogens with one attached hydrogen (secondary N) is 1. The van der Waals surface area contributed by atoms with E-state index >= 15 is 0 Å². The summed E-state index contributed by atoms with van der Waals surface area (Å²) in [6.45, 7) is 0. The Balaban J connectivity index is 2.04. The number of ether oxygens (including phenoxy) is 1. The van der Waals surface area contributed by atoms with Gasteiger partial charge >= 0.3 is 0 Å². The lowest BCUT2D eigenvalue weighted by atomic mass is 9.95. The van der Waals surface area contributed by atoms with E-state index in [-0.39, 0.29) is 17.0 Å². The molecule has 1 atom stereocenters. The van der Waals surface area contributed by atoms with Crippen molar-refractivity contribution >= 4 is 23.1 Å². The standard InChI is InChI=1S/C18H14N2O6/c1-26-13-8-4-11(5-9-13)16(21)14-15(19-18(23)17(14)22)10-2-6-12(7-3-10)20(24)25/h2-9,15,21H,1H3,(H,19,23)/t15-/m1/s1. The van der Waals surface area contributed by atoms with Gasteiger partial charge in [-0.15, -0.1) is 0 Å². The average Bonchev–Trinajstić information content (AvgIpc) is 2.96. The topological polar surface area (TPSA) is 119 Å². The normalized spacial score (nSPS) is 18.4. The fourth-order valence-electron chi connectivity index (χ4n) is 2.71. The van der Waals surface area contributed by atoms with Gasteiger partial charge in [0.25, 0.3) is 17.4 Å². The van der Waals surface area contributed by atoms with Gasteiger partial charge in [0.05, 0.1) is 23.6 Å². The molecule has 0 unspecified atom stereocenters. The molecular weight excluding hydrogens is 340 g/mol. The van der Waals surface area contributed by atoms with Crippen LogP contribution in [0.5, 0.6) is 5.75 Å². The number of nitro benzene ring substituents is 1. The summed E-state index contributed by atoms with van der Waals surface area (Å²) < 4.78 is 5.05. The molecule has 1 amide bonds. The first-order valence-electron chi connectivity index (χ1n) is 7.59. The monoisotopic (exact) mass is 354 g/mol. The van der Waals surface area contributed by atoms with Crippen molar-refractivity contribution in [1.82, 2.24) is 5.32 Å². The Kier molecular flexibility index (Phi) is 4.40. The second-order valence-electron chi connectivity index (χ2n) is 5.58. The highest BCUT2D eigenvalue weighted by Gasteiger charge is 2.39. The first kappa shape index (κ1) is 17.2. The maximum Gasteiger partial charge on any atom is 0.293 e. The molecule has 0 aliphatic carbocycles. The molecule has 132 valence electrons. The highest BCUT2D eigenvalue weighted by molar-refractivity contribution is 6.46. The van der Waals surface area contributed by atoms with Crippen LogP contribution in [-0.2, 0) is 9.59 Å². The van der Waals surface area contributed by atoms with Gasteiger partial charge in [0.2, 0.25) is 0 Å². The number of hydrogen-bond acceptors (Lipinski definition) is 6. The molecule has 2 N–H and O–H groups in total. The molecule has 0 radical (unpaired) electrons. The zero-order chi connectivity index (χ0) is 18.8. The van der Waals surface area contributed by atoms with Gasteiger partial charge in [0.15, 0.2) is 0 Å². The molecule has 1 aliphatic heterocycles. The Morgan fingerprint density at radius 3 is 2.27 bits per heavy atom. The van der Waals surface area contributed by atoms with Crippen LogP contribution < -0.4 is 10.1 Å². The van der Waals surface area contributed by atoms with Crippen LogP contribution in [0.4, 0.5) is 5.69 Å². The Bertz CT molecular complexity index is 916. The highest BCUT2D eigenvalue weighted by atomic mass is 16.6. The summed E-state index contributed by atoms with van der Waals surface area (Å²) in [4.78, 5) is 34.3. The van der Waals surface area contributed by atoms with Crippen LogP contribution >= 0.6 is 0 Å². The maximum absolute atomic E-state index is 12.2. The number of nitro groups is 1. The number of benzene rings is 2. The van der Waals surface area contributed by atoms with Gasteiger partial charge in [-0.25, -0.2) is 0 Å². The predicted molar refractivity (Wildman–Crippen MR) is 91.5 cm³/mol. The van der Waals surface area contributed by atoms with E-state index in [2.05, 4.69) is 5.32 Å². The van der Waals surface area contributed by atoms with Gasteiger partial charge in [-0.1, -0.05) is 0 Å². The van der Waals surface area contributed by atoms with Crippen molar-refractivity contribution in [1.29, 1.82) is 0 Å². The van der Waals surface area contributed by atoms with Crippen molar-refractivity contribution in [2.75, 3.05) is 7.11 Å². The van der Waals surface area contributed by atoms with E-state index in [4.69, 9.17) is 4.74 Å². The van der Waals surface area contributed by atoms with Crippen LogP contribution in [0.1, 0.15) is 17.2 Å². The number of aliphatic hydroxyl groups excluding tert-OH is 1. The minimum Gasteiger partial charge on any atom is -0.507 e. The van der Waals surface area contributed by atoms with Gasteiger partial charge in [-0.3, -0.25) is 19.7 Å². The first-order valence-corrected chi connectivity index (χ1v) is 7.59. The second-order valence-corrected chi connectivity index (χ2v) is 5.58. The molecule has 0 spiro atoms. The van der Waals surface area contributed by atoms with Crippen LogP contribution in [-0.4, -0.2) is 28.8 Å². The lowest BCUT2D eigenvalue weighted by Gasteiger charge is -2.13. The molecule has 1 fully saturated rings. The Labute approximate surface area is 147 Å². The van der Waals surface area contributed by atoms with Crippen molar-refractivity contribution in [3.63, 3.8) is 0 Å². The van der Waals surface area contributed by atoms with Gasteiger partial charge in [0.1, 0.15) is 11.5 Å². The zero-order valence-electron chi connectivity index (χ0n) is 13.6. The summed E-state index contributed by atoms with van der Waals surface area (Å²) in [5.74, 6) is -1.45. The number of carbonyl (C=O) groups is 2. The number of non-ortho nitro benzene ring substituents is 1. The summed E-state index contributed by atoms with van der Waals surface area (Å²) >= 11 is 0. The van der Waals surface area contributed by atoms with E-state index < -0.39 is 22.7 Å². The van der Waals surface area contributed by atoms with Crippen molar-refractivity contribution in [2.45, 2.75) is 6.04 Å². The molecule has 26 heavy (non-hydrogen) atoms. The predicted octanol–water partition coefficient (Wildman–Crippen LogP) is 2.31. The molecule has 3 rings (SSSR count). The molecule has 1 heterocycles. The van der Waals surface area contributed by atoms with E-state index in [9.17, 15) is 24.8 Å². The van der Waals surface area contributed by atoms with Crippen molar-refractivity contribution in [3.8, 4) is 5.75 Å². The molecule has 0 saturated carbocycles. The number of nitrogens with zero attached hydrogens (tertiary/aromatic N) is 1. The van der Waals surface area contributed by atoms with Crippen LogP contribution in [0, 0.1) is 10.1 Å². The summed E-state index contributed by atoms with van der Waals surface area (Å²) in [6, 6.07) is 10.9. The van der Waals surface area contributed by atoms with Crippen molar-refractivity contribution in [2.24, 2.45) is 0 Å². The van der Waals surface area contributed by atoms with Crippen molar-refractivity contribution < 1.29 is 24.4 Å². The minimum absolute atomic E-state index is 0.103. The number of ketones is 1. The summed E-state index contributed by atoms with van der Waals surface area (Å²) in [7, 11) is 1.50. The van der Waals surface area contributed by atoms with Crippen molar-refractivity contribution in [3.05, 3.63) is 75.3 Å². The van der Waals surface area contributed by atoms with E-state index in [1.54, 1.807) is 24.3 Å². The molecule has 8 nitrogen and oxygen atoms in total. The summed E-state index contributed by atoms with van der Waals surface area (Å²) in [5.41, 5.74) is 0.575. The summed E-state index contributed by atoms with van der Waals surface area (Å²) in [6.07, 6.45) is 0. The minimum atomic E-state index is -0.891. The third-order valence-electron chi connectivity index (χ3n) is 4.07. The Morgan fingerprint density at radius 1 is 1.12 bits per heavy atom. The van der Waals surface area contributed by atoms with Gasteiger partial charge in [0, 0.05) is 17.7 Å². The molecule has 0 bridgehead atoms. The Morgan fingerprint density at radius 2 is 1.73 bits per heavy atom. The largest absolute Gasteiger partial charge is 0.507 e. The van der Waals surface area contributed by atoms with Gasteiger partial charge < -0.3 is 15.2 Å². The Hall–Kier alpha value is -3.68. The first-order chi connectivity index (χ1) is 12.4. The van der Waals surface area contributed by atoms with E-state index in [1.807, 2.05) is 0 Å².